The molecule has 0 aliphatic carbocycles. The van der Waals surface area contributed by atoms with E-state index in [4.69, 9.17) is 9.47 Å². The first kappa shape index (κ1) is 19.2. The lowest BCUT2D eigenvalue weighted by Crippen LogP contribution is -2.49. The van der Waals surface area contributed by atoms with E-state index in [9.17, 15) is 8.42 Å². The second-order valence-corrected chi connectivity index (χ2v) is 9.03. The van der Waals surface area contributed by atoms with Crippen molar-refractivity contribution in [2.75, 3.05) is 46.9 Å². The molecule has 0 N–H and O–H groups in total. The number of piperazine rings is 1. The Bertz CT molecular complexity index is 814. The third-order valence-electron chi connectivity index (χ3n) is 4.57. The van der Waals surface area contributed by atoms with Crippen molar-refractivity contribution < 1.29 is 17.9 Å². The maximum absolute atomic E-state index is 13.1. The van der Waals surface area contributed by atoms with Crippen LogP contribution >= 0.6 is 11.3 Å². The van der Waals surface area contributed by atoms with E-state index in [1.807, 2.05) is 0 Å². The Morgan fingerprint density at radius 2 is 1.85 bits per heavy atom. The van der Waals surface area contributed by atoms with Crippen molar-refractivity contribution in [3.63, 3.8) is 0 Å². The number of ether oxygens (including phenoxy) is 2. The lowest BCUT2D eigenvalue weighted by molar-refractivity contribution is 0.190. The van der Waals surface area contributed by atoms with Gasteiger partial charge in [0.25, 0.3) is 0 Å². The Labute approximate surface area is 159 Å². The van der Waals surface area contributed by atoms with Crippen LogP contribution in [-0.4, -0.2) is 64.6 Å². The summed E-state index contributed by atoms with van der Waals surface area (Å²) in [4.78, 5) is 3.83. The highest BCUT2D eigenvalue weighted by molar-refractivity contribution is 7.89. The largest absolute Gasteiger partial charge is 0.497 e. The Balaban J connectivity index is 1.66. The van der Waals surface area contributed by atoms with Gasteiger partial charge in [-0.25, -0.2) is 8.42 Å². The standard InChI is InChI=1S/C18H24N2O4S2/c1-23-15-5-6-17(24-2)18(14-15)26(21,22)20-11-9-19(10-12-20)8-7-16-4-3-13-25-16/h3-6,13-14H,7-12H2,1-2H3. The van der Waals surface area contributed by atoms with Gasteiger partial charge in [0, 0.05) is 43.7 Å². The molecular formula is C18H24N2O4S2. The van der Waals surface area contributed by atoms with Gasteiger partial charge in [0.2, 0.25) is 10.0 Å². The number of hydrogen-bond acceptors (Lipinski definition) is 6. The van der Waals surface area contributed by atoms with Gasteiger partial charge < -0.3 is 14.4 Å². The summed E-state index contributed by atoms with van der Waals surface area (Å²) in [7, 11) is -0.621. The SMILES string of the molecule is COc1ccc(OC)c(S(=O)(=O)N2CCN(CCc3cccs3)CC2)c1. The van der Waals surface area contributed by atoms with E-state index in [1.54, 1.807) is 23.5 Å². The third-order valence-corrected chi connectivity index (χ3v) is 7.43. The number of methoxy groups -OCH3 is 2. The molecule has 0 spiro atoms. The van der Waals surface area contributed by atoms with E-state index in [0.717, 1.165) is 26.1 Å². The highest BCUT2D eigenvalue weighted by Crippen LogP contribution is 2.31. The molecular weight excluding hydrogens is 372 g/mol. The normalized spacial score (nSPS) is 16.5. The first-order valence-electron chi connectivity index (χ1n) is 8.51. The van der Waals surface area contributed by atoms with Gasteiger partial charge in [-0.05, 0) is 30.0 Å². The molecule has 1 aromatic heterocycles. The molecule has 0 unspecified atom stereocenters. The van der Waals surface area contributed by atoms with Gasteiger partial charge in [0.15, 0.2) is 0 Å². The van der Waals surface area contributed by atoms with E-state index in [2.05, 4.69) is 22.4 Å². The third kappa shape index (κ3) is 4.20. The molecule has 2 heterocycles. The molecule has 1 saturated heterocycles. The molecule has 0 saturated carbocycles. The summed E-state index contributed by atoms with van der Waals surface area (Å²) in [5.41, 5.74) is 0. The van der Waals surface area contributed by atoms with Crippen molar-refractivity contribution in [3.05, 3.63) is 40.6 Å². The molecule has 142 valence electrons. The molecule has 26 heavy (non-hydrogen) atoms. The van der Waals surface area contributed by atoms with Crippen LogP contribution in [0.2, 0.25) is 0 Å². The zero-order valence-corrected chi connectivity index (χ0v) is 16.7. The zero-order chi connectivity index (χ0) is 18.6. The molecule has 0 bridgehead atoms. The maximum Gasteiger partial charge on any atom is 0.246 e. The van der Waals surface area contributed by atoms with Gasteiger partial charge >= 0.3 is 0 Å². The van der Waals surface area contributed by atoms with Crippen LogP contribution in [0.1, 0.15) is 4.88 Å². The van der Waals surface area contributed by atoms with Gasteiger partial charge in [0.05, 0.1) is 14.2 Å². The van der Waals surface area contributed by atoms with Crippen LogP contribution in [0.5, 0.6) is 11.5 Å². The predicted molar refractivity (Wildman–Crippen MR) is 103 cm³/mol. The van der Waals surface area contributed by atoms with Crippen molar-refractivity contribution in [1.82, 2.24) is 9.21 Å². The molecule has 1 aliphatic rings. The fraction of sp³-hybridized carbons (Fsp3) is 0.444. The molecule has 1 fully saturated rings. The summed E-state index contributed by atoms with van der Waals surface area (Å²) in [6.07, 6.45) is 1.01. The van der Waals surface area contributed by atoms with Crippen LogP contribution < -0.4 is 9.47 Å². The van der Waals surface area contributed by atoms with Crippen molar-refractivity contribution in [3.8, 4) is 11.5 Å². The number of sulfonamides is 1. The van der Waals surface area contributed by atoms with Crippen LogP contribution in [0.15, 0.2) is 40.6 Å². The van der Waals surface area contributed by atoms with E-state index >= 15 is 0 Å². The second-order valence-electron chi connectivity index (χ2n) is 6.09. The quantitative estimate of drug-likeness (QED) is 0.719. The van der Waals surface area contributed by atoms with Crippen LogP contribution in [0.3, 0.4) is 0 Å². The summed E-state index contributed by atoms with van der Waals surface area (Å²) in [6, 6.07) is 9.05. The molecule has 1 aromatic carbocycles. The van der Waals surface area contributed by atoms with E-state index in [0.29, 0.717) is 24.6 Å². The molecule has 3 rings (SSSR count). The van der Waals surface area contributed by atoms with Crippen LogP contribution in [0.25, 0.3) is 0 Å². The molecule has 0 atom stereocenters. The Morgan fingerprint density at radius 1 is 1.08 bits per heavy atom. The molecule has 6 nitrogen and oxygen atoms in total. The average molecular weight is 397 g/mol. The maximum atomic E-state index is 13.1. The van der Waals surface area contributed by atoms with Crippen LogP contribution in [0, 0.1) is 0 Å². The lowest BCUT2D eigenvalue weighted by Gasteiger charge is -2.34. The van der Waals surface area contributed by atoms with Crippen molar-refractivity contribution in [2.45, 2.75) is 11.3 Å². The first-order chi connectivity index (χ1) is 12.5. The smallest absolute Gasteiger partial charge is 0.246 e. The van der Waals surface area contributed by atoms with Crippen molar-refractivity contribution in [1.29, 1.82) is 0 Å². The summed E-state index contributed by atoms with van der Waals surface area (Å²) in [5, 5.41) is 2.08. The van der Waals surface area contributed by atoms with Crippen molar-refractivity contribution in [2.24, 2.45) is 0 Å². The highest BCUT2D eigenvalue weighted by atomic mass is 32.2. The van der Waals surface area contributed by atoms with Gasteiger partial charge in [-0.1, -0.05) is 6.07 Å². The van der Waals surface area contributed by atoms with Gasteiger partial charge in [-0.15, -0.1) is 11.3 Å². The van der Waals surface area contributed by atoms with Gasteiger partial charge in [-0.2, -0.15) is 4.31 Å². The fourth-order valence-corrected chi connectivity index (χ4v) is 5.33. The minimum Gasteiger partial charge on any atom is -0.497 e. The van der Waals surface area contributed by atoms with E-state index < -0.39 is 10.0 Å². The first-order valence-corrected chi connectivity index (χ1v) is 10.8. The van der Waals surface area contributed by atoms with Crippen LogP contribution in [0.4, 0.5) is 0 Å². The Morgan fingerprint density at radius 3 is 2.46 bits per heavy atom. The summed E-state index contributed by atoms with van der Waals surface area (Å²) in [5.74, 6) is 0.838. The summed E-state index contributed by atoms with van der Waals surface area (Å²) in [6.45, 7) is 3.38. The van der Waals surface area contributed by atoms with Gasteiger partial charge in [0.1, 0.15) is 16.4 Å². The number of thiophene rings is 1. The fourth-order valence-electron chi connectivity index (χ4n) is 3.04. The van der Waals surface area contributed by atoms with E-state index in [-0.39, 0.29) is 4.90 Å². The Hall–Kier alpha value is -1.61. The zero-order valence-electron chi connectivity index (χ0n) is 15.1. The van der Waals surface area contributed by atoms with Gasteiger partial charge in [-0.3, -0.25) is 0 Å². The predicted octanol–water partition coefficient (Wildman–Crippen LogP) is 2.31. The van der Waals surface area contributed by atoms with Crippen LogP contribution in [-0.2, 0) is 16.4 Å². The Kier molecular flexibility index (Phi) is 6.18. The molecule has 0 amide bonds. The number of nitrogens with zero attached hydrogens (tertiary/aromatic N) is 2. The summed E-state index contributed by atoms with van der Waals surface area (Å²) >= 11 is 1.76. The van der Waals surface area contributed by atoms with Crippen molar-refractivity contribution >= 4 is 21.4 Å². The van der Waals surface area contributed by atoms with E-state index in [1.165, 1.54) is 29.5 Å². The molecule has 2 aromatic rings. The molecule has 1 aliphatic heterocycles. The second kappa shape index (κ2) is 8.39. The number of rotatable bonds is 7. The average Bonchev–Trinajstić information content (AvgIpc) is 3.19. The molecule has 0 radical (unpaired) electrons. The monoisotopic (exact) mass is 396 g/mol. The minimum absolute atomic E-state index is 0.159. The molecule has 8 heteroatoms. The minimum atomic E-state index is -3.62. The number of hydrogen-bond donors (Lipinski definition) is 0. The highest BCUT2D eigenvalue weighted by Gasteiger charge is 2.31. The number of benzene rings is 1. The lowest BCUT2D eigenvalue weighted by atomic mass is 10.3. The topological polar surface area (TPSA) is 59.1 Å². The summed E-state index contributed by atoms with van der Waals surface area (Å²) < 4.78 is 38.1.